The number of hydrogen-bond donors (Lipinski definition) is 1. The van der Waals surface area contributed by atoms with Crippen LogP contribution in [0.1, 0.15) is 30.6 Å². The van der Waals surface area contributed by atoms with Crippen molar-refractivity contribution in [3.63, 3.8) is 0 Å². The third kappa shape index (κ3) is 3.32. The van der Waals surface area contributed by atoms with Crippen molar-refractivity contribution in [1.82, 2.24) is 10.3 Å². The molecule has 1 aromatic heterocycles. The van der Waals surface area contributed by atoms with E-state index in [0.29, 0.717) is 6.04 Å². The Morgan fingerprint density at radius 3 is 2.79 bits per heavy atom. The summed E-state index contributed by atoms with van der Waals surface area (Å²) < 4.78 is 5.90. The Bertz CT molecular complexity index is 536. The minimum absolute atomic E-state index is 0.360. The fraction of sp³-hybridized carbons (Fsp3) is 0.312. The van der Waals surface area contributed by atoms with Crippen LogP contribution in [0.5, 0.6) is 11.5 Å². The van der Waals surface area contributed by atoms with Gasteiger partial charge < -0.3 is 10.1 Å². The first-order chi connectivity index (χ1) is 9.24. The highest BCUT2D eigenvalue weighted by Gasteiger charge is 2.08. The molecular formula is C16H20N2O. The van der Waals surface area contributed by atoms with Gasteiger partial charge in [-0.15, -0.1) is 0 Å². The third-order valence-electron chi connectivity index (χ3n) is 3.20. The van der Waals surface area contributed by atoms with Crippen molar-refractivity contribution in [3.05, 3.63) is 53.9 Å². The van der Waals surface area contributed by atoms with Crippen molar-refractivity contribution in [1.29, 1.82) is 0 Å². The van der Waals surface area contributed by atoms with Crippen LogP contribution in [0.15, 0.2) is 42.6 Å². The molecule has 2 aromatic rings. The first-order valence-corrected chi connectivity index (χ1v) is 6.61. The van der Waals surface area contributed by atoms with Crippen molar-refractivity contribution in [2.45, 2.75) is 26.3 Å². The van der Waals surface area contributed by atoms with E-state index >= 15 is 0 Å². The third-order valence-corrected chi connectivity index (χ3v) is 3.20. The maximum atomic E-state index is 5.90. The molecule has 1 N–H and O–H groups in total. The maximum absolute atomic E-state index is 5.90. The van der Waals surface area contributed by atoms with Gasteiger partial charge in [-0.3, -0.25) is 4.98 Å². The Labute approximate surface area is 114 Å². The Morgan fingerprint density at radius 2 is 2.11 bits per heavy atom. The molecule has 1 heterocycles. The lowest BCUT2D eigenvalue weighted by Gasteiger charge is -2.15. The van der Waals surface area contributed by atoms with E-state index in [1.807, 2.05) is 38.2 Å². The van der Waals surface area contributed by atoms with E-state index in [0.717, 1.165) is 23.6 Å². The molecule has 3 nitrogen and oxygen atoms in total. The quantitative estimate of drug-likeness (QED) is 0.882. The number of nitrogens with one attached hydrogen (secondary N) is 1. The van der Waals surface area contributed by atoms with Crippen molar-refractivity contribution < 1.29 is 4.74 Å². The van der Waals surface area contributed by atoms with Gasteiger partial charge in [0.2, 0.25) is 0 Å². The van der Waals surface area contributed by atoms with Crippen LogP contribution in [-0.2, 0) is 0 Å². The zero-order valence-corrected chi connectivity index (χ0v) is 11.7. The lowest BCUT2D eigenvalue weighted by Crippen LogP contribution is -2.14. The zero-order valence-electron chi connectivity index (χ0n) is 11.7. The molecule has 1 atom stereocenters. The summed E-state index contributed by atoms with van der Waals surface area (Å²) in [5.74, 6) is 1.65. The van der Waals surface area contributed by atoms with Gasteiger partial charge >= 0.3 is 0 Å². The first kappa shape index (κ1) is 13.6. The normalized spacial score (nSPS) is 12.2. The number of ether oxygens (including phenoxy) is 1. The van der Waals surface area contributed by atoms with Crippen LogP contribution < -0.4 is 10.1 Å². The Kier molecular flexibility index (Phi) is 4.53. The fourth-order valence-electron chi connectivity index (χ4n) is 2.11. The van der Waals surface area contributed by atoms with Gasteiger partial charge in [0.1, 0.15) is 11.5 Å². The summed E-state index contributed by atoms with van der Waals surface area (Å²) in [5, 5.41) is 3.30. The second kappa shape index (κ2) is 6.34. The summed E-state index contributed by atoms with van der Waals surface area (Å²) in [6.45, 7) is 4.11. The van der Waals surface area contributed by atoms with Gasteiger partial charge in [-0.1, -0.05) is 19.1 Å². The fourth-order valence-corrected chi connectivity index (χ4v) is 2.11. The van der Waals surface area contributed by atoms with Crippen LogP contribution in [-0.4, -0.2) is 12.0 Å². The van der Waals surface area contributed by atoms with E-state index in [4.69, 9.17) is 4.74 Å². The number of rotatable bonds is 5. The Balaban J connectivity index is 2.22. The smallest absolute Gasteiger partial charge is 0.148 e. The highest BCUT2D eigenvalue weighted by atomic mass is 16.5. The summed E-state index contributed by atoms with van der Waals surface area (Å²) >= 11 is 0. The van der Waals surface area contributed by atoms with E-state index in [9.17, 15) is 0 Å². The molecule has 3 heteroatoms. The zero-order chi connectivity index (χ0) is 13.7. The molecule has 100 valence electrons. The van der Waals surface area contributed by atoms with E-state index in [-0.39, 0.29) is 0 Å². The van der Waals surface area contributed by atoms with Crippen LogP contribution in [0.2, 0.25) is 0 Å². The van der Waals surface area contributed by atoms with Crippen LogP contribution in [0.4, 0.5) is 0 Å². The molecule has 19 heavy (non-hydrogen) atoms. The summed E-state index contributed by atoms with van der Waals surface area (Å²) in [4.78, 5) is 4.23. The van der Waals surface area contributed by atoms with Crippen LogP contribution >= 0.6 is 0 Å². The minimum Gasteiger partial charge on any atom is -0.455 e. The summed E-state index contributed by atoms with van der Waals surface area (Å²) in [5.41, 5.74) is 2.14. The lowest BCUT2D eigenvalue weighted by molar-refractivity contribution is 0.472. The predicted molar refractivity (Wildman–Crippen MR) is 77.6 cm³/mol. The van der Waals surface area contributed by atoms with Gasteiger partial charge in [-0.25, -0.2) is 0 Å². The van der Waals surface area contributed by atoms with E-state index in [2.05, 4.69) is 29.4 Å². The molecule has 0 bridgehead atoms. The number of nitrogens with zero attached hydrogens (tertiary/aromatic N) is 1. The first-order valence-electron chi connectivity index (χ1n) is 6.61. The average Bonchev–Trinajstić information content (AvgIpc) is 2.43. The summed E-state index contributed by atoms with van der Waals surface area (Å²) in [6.07, 6.45) is 2.82. The molecule has 0 amide bonds. The SMILES string of the molecule is CCC(NC)c1cccc(Oc2cccnc2C)c1. The second-order valence-corrected chi connectivity index (χ2v) is 4.51. The summed E-state index contributed by atoms with van der Waals surface area (Å²) in [6, 6.07) is 12.4. The average molecular weight is 256 g/mol. The molecule has 1 aromatic carbocycles. The van der Waals surface area contributed by atoms with Crippen molar-refractivity contribution in [3.8, 4) is 11.5 Å². The van der Waals surface area contributed by atoms with Crippen molar-refractivity contribution in [2.75, 3.05) is 7.05 Å². The Morgan fingerprint density at radius 1 is 1.26 bits per heavy atom. The number of aromatic nitrogens is 1. The predicted octanol–water partition coefficient (Wildman–Crippen LogP) is 3.85. The molecular weight excluding hydrogens is 236 g/mol. The van der Waals surface area contributed by atoms with Gasteiger partial charge in [0.05, 0.1) is 5.69 Å². The van der Waals surface area contributed by atoms with Crippen molar-refractivity contribution in [2.24, 2.45) is 0 Å². The topological polar surface area (TPSA) is 34.1 Å². The number of pyridine rings is 1. The monoisotopic (exact) mass is 256 g/mol. The van der Waals surface area contributed by atoms with Gasteiger partial charge in [-0.2, -0.15) is 0 Å². The number of hydrogen-bond acceptors (Lipinski definition) is 3. The van der Waals surface area contributed by atoms with E-state index in [1.165, 1.54) is 5.56 Å². The van der Waals surface area contributed by atoms with Gasteiger partial charge in [0.15, 0.2) is 0 Å². The van der Waals surface area contributed by atoms with Crippen LogP contribution in [0, 0.1) is 6.92 Å². The highest BCUT2D eigenvalue weighted by Crippen LogP contribution is 2.26. The van der Waals surface area contributed by atoms with Gasteiger partial charge in [0.25, 0.3) is 0 Å². The summed E-state index contributed by atoms with van der Waals surface area (Å²) in [7, 11) is 1.98. The molecule has 2 rings (SSSR count). The molecule has 0 aliphatic rings. The lowest BCUT2D eigenvalue weighted by atomic mass is 10.0. The van der Waals surface area contributed by atoms with E-state index < -0.39 is 0 Å². The van der Waals surface area contributed by atoms with Gasteiger partial charge in [-0.05, 0) is 50.2 Å². The second-order valence-electron chi connectivity index (χ2n) is 4.51. The molecule has 0 fully saturated rings. The molecule has 0 radical (unpaired) electrons. The molecule has 0 spiro atoms. The maximum Gasteiger partial charge on any atom is 0.148 e. The van der Waals surface area contributed by atoms with Crippen LogP contribution in [0.3, 0.4) is 0 Å². The largest absolute Gasteiger partial charge is 0.455 e. The van der Waals surface area contributed by atoms with E-state index in [1.54, 1.807) is 6.20 Å². The minimum atomic E-state index is 0.360. The molecule has 0 aliphatic heterocycles. The van der Waals surface area contributed by atoms with Crippen molar-refractivity contribution >= 4 is 0 Å². The molecule has 0 aliphatic carbocycles. The molecule has 1 unspecified atom stereocenters. The number of aryl methyl sites for hydroxylation is 1. The molecule has 0 saturated heterocycles. The Hall–Kier alpha value is -1.87. The van der Waals surface area contributed by atoms with Gasteiger partial charge in [0, 0.05) is 12.2 Å². The highest BCUT2D eigenvalue weighted by molar-refractivity contribution is 5.36. The molecule has 0 saturated carbocycles. The standard InChI is InChI=1S/C16H20N2O/c1-4-15(17-3)13-7-5-8-14(11-13)19-16-9-6-10-18-12(16)2/h5-11,15,17H,4H2,1-3H3. The van der Waals surface area contributed by atoms with Crippen LogP contribution in [0.25, 0.3) is 0 Å². The number of benzene rings is 1.